The lowest BCUT2D eigenvalue weighted by atomic mass is 10.0. The van der Waals surface area contributed by atoms with Crippen LogP contribution < -0.4 is 5.32 Å². The van der Waals surface area contributed by atoms with Gasteiger partial charge in [-0.3, -0.25) is 9.59 Å². The van der Waals surface area contributed by atoms with Gasteiger partial charge in [-0.25, -0.2) is 0 Å². The zero-order valence-corrected chi connectivity index (χ0v) is 46.6. The van der Waals surface area contributed by atoms with Gasteiger partial charge in [-0.1, -0.05) is 276 Å². The van der Waals surface area contributed by atoms with Gasteiger partial charge in [0, 0.05) is 12.8 Å². The molecule has 0 saturated carbocycles. The molecule has 0 aliphatic heterocycles. The van der Waals surface area contributed by atoms with Gasteiger partial charge in [0.25, 0.3) is 0 Å². The summed E-state index contributed by atoms with van der Waals surface area (Å²) in [5, 5.41) is 23.2. The number of nitrogens with one attached hydrogen (secondary N) is 1. The summed E-state index contributed by atoms with van der Waals surface area (Å²) in [6.07, 6.45) is 71.9. The van der Waals surface area contributed by atoms with E-state index >= 15 is 0 Å². The molecule has 2 atom stereocenters. The average Bonchev–Trinajstić information content (AvgIpc) is 3.35. The Kier molecular flexibility index (Phi) is 57.5. The highest BCUT2D eigenvalue weighted by atomic mass is 16.5. The molecule has 0 aliphatic carbocycles. The van der Waals surface area contributed by atoms with Gasteiger partial charge in [0.1, 0.15) is 0 Å². The zero-order chi connectivity index (χ0) is 50.0. The van der Waals surface area contributed by atoms with E-state index in [9.17, 15) is 19.8 Å². The Morgan fingerprint density at radius 3 is 1.03 bits per heavy atom. The lowest BCUT2D eigenvalue weighted by Gasteiger charge is -2.22. The third kappa shape index (κ3) is 55.5. The molecule has 0 aromatic rings. The minimum atomic E-state index is -0.666. The molecule has 0 aromatic heterocycles. The first-order chi connectivity index (χ1) is 34.0. The number of carbonyl (C=O) groups is 2. The average molecular weight is 973 g/mol. The predicted molar refractivity (Wildman–Crippen MR) is 301 cm³/mol. The van der Waals surface area contributed by atoms with Gasteiger partial charge < -0.3 is 20.3 Å². The van der Waals surface area contributed by atoms with E-state index in [1.165, 1.54) is 263 Å². The summed E-state index contributed by atoms with van der Waals surface area (Å²) in [6.45, 7) is 4.95. The summed E-state index contributed by atoms with van der Waals surface area (Å²) < 4.78 is 5.49. The quantitative estimate of drug-likeness (QED) is 0.0321. The van der Waals surface area contributed by atoms with Gasteiger partial charge in [-0.15, -0.1) is 0 Å². The first kappa shape index (κ1) is 67.3. The van der Waals surface area contributed by atoms with Crippen molar-refractivity contribution in [3.63, 3.8) is 0 Å². The number of carbonyl (C=O) groups excluding carboxylic acids is 2. The Bertz CT molecular complexity index is 1080. The van der Waals surface area contributed by atoms with E-state index in [1.54, 1.807) is 0 Å². The molecule has 2 unspecified atom stereocenters. The van der Waals surface area contributed by atoms with Gasteiger partial charge in [-0.05, 0) is 77.0 Å². The normalized spacial score (nSPS) is 12.7. The van der Waals surface area contributed by atoms with Crippen molar-refractivity contribution in [2.45, 2.75) is 353 Å². The number of aliphatic hydroxyl groups is 2. The van der Waals surface area contributed by atoms with E-state index in [0.717, 1.165) is 44.9 Å². The number of ether oxygens (including phenoxy) is 1. The smallest absolute Gasteiger partial charge is 0.305 e. The Labute approximate surface area is 431 Å². The van der Waals surface area contributed by atoms with Crippen molar-refractivity contribution >= 4 is 11.9 Å². The molecule has 3 N–H and O–H groups in total. The van der Waals surface area contributed by atoms with Gasteiger partial charge in [-0.2, -0.15) is 0 Å². The number of amides is 1. The molecular formula is C63H121NO5. The molecule has 6 heteroatoms. The Balaban J connectivity index is 3.38. The maximum Gasteiger partial charge on any atom is 0.305 e. The summed E-state index contributed by atoms with van der Waals surface area (Å²) >= 11 is 0. The van der Waals surface area contributed by atoms with Crippen LogP contribution in [0.15, 0.2) is 24.3 Å². The van der Waals surface area contributed by atoms with Crippen molar-refractivity contribution in [2.24, 2.45) is 0 Å². The van der Waals surface area contributed by atoms with Crippen LogP contribution in [0, 0.1) is 0 Å². The van der Waals surface area contributed by atoms with E-state index < -0.39 is 12.1 Å². The Morgan fingerprint density at radius 1 is 0.391 bits per heavy atom. The maximum absolute atomic E-state index is 12.5. The monoisotopic (exact) mass is 972 g/mol. The lowest BCUT2D eigenvalue weighted by molar-refractivity contribution is -0.143. The third-order valence-corrected chi connectivity index (χ3v) is 14.5. The molecule has 0 heterocycles. The summed E-state index contributed by atoms with van der Waals surface area (Å²) in [5.74, 6) is -0.0337. The van der Waals surface area contributed by atoms with Crippen molar-refractivity contribution in [1.29, 1.82) is 0 Å². The number of unbranched alkanes of at least 4 members (excludes halogenated alkanes) is 43. The molecule has 0 fully saturated rings. The SMILES string of the molecule is CCCCCCCCC/C=C\CCCCCCCC(=O)OCCCCCCCCCCCCCC/C=C\CCCCCCCCCCC(=O)NC(CO)C(O)CCCCCCCCCCCCCC. The van der Waals surface area contributed by atoms with E-state index in [2.05, 4.69) is 43.5 Å². The van der Waals surface area contributed by atoms with Crippen molar-refractivity contribution in [2.75, 3.05) is 13.2 Å². The minimum Gasteiger partial charge on any atom is -0.466 e. The number of rotatable bonds is 58. The van der Waals surface area contributed by atoms with Gasteiger partial charge in [0.2, 0.25) is 5.91 Å². The molecular weight excluding hydrogens is 851 g/mol. The Morgan fingerprint density at radius 2 is 0.681 bits per heavy atom. The molecule has 0 rings (SSSR count). The number of hydrogen-bond donors (Lipinski definition) is 3. The fourth-order valence-electron chi connectivity index (χ4n) is 9.69. The van der Waals surface area contributed by atoms with Crippen LogP contribution in [-0.4, -0.2) is 47.4 Å². The van der Waals surface area contributed by atoms with Crippen LogP contribution in [0.1, 0.15) is 341 Å². The summed E-state index contributed by atoms with van der Waals surface area (Å²) in [4.78, 5) is 24.5. The fourth-order valence-corrected chi connectivity index (χ4v) is 9.69. The summed E-state index contributed by atoms with van der Waals surface area (Å²) in [5.41, 5.74) is 0. The van der Waals surface area contributed by atoms with Crippen LogP contribution in [0.3, 0.4) is 0 Å². The van der Waals surface area contributed by atoms with Crippen molar-refractivity contribution in [3.05, 3.63) is 24.3 Å². The second-order valence-corrected chi connectivity index (χ2v) is 21.4. The molecule has 0 aliphatic rings. The molecule has 0 spiro atoms. The fraction of sp³-hybridized carbons (Fsp3) is 0.905. The topological polar surface area (TPSA) is 95.9 Å². The first-order valence-corrected chi connectivity index (χ1v) is 31.1. The van der Waals surface area contributed by atoms with Gasteiger partial charge in [0.15, 0.2) is 0 Å². The summed E-state index contributed by atoms with van der Waals surface area (Å²) in [7, 11) is 0. The van der Waals surface area contributed by atoms with E-state index in [1.807, 2.05) is 0 Å². The maximum atomic E-state index is 12.5. The van der Waals surface area contributed by atoms with Crippen LogP contribution in [0.5, 0.6) is 0 Å². The second-order valence-electron chi connectivity index (χ2n) is 21.4. The van der Waals surface area contributed by atoms with Crippen LogP contribution in [0.4, 0.5) is 0 Å². The molecule has 0 radical (unpaired) electrons. The van der Waals surface area contributed by atoms with Gasteiger partial charge >= 0.3 is 5.97 Å². The molecule has 6 nitrogen and oxygen atoms in total. The number of allylic oxidation sites excluding steroid dienone is 4. The molecule has 0 bridgehead atoms. The molecule has 1 amide bonds. The van der Waals surface area contributed by atoms with Crippen LogP contribution >= 0.6 is 0 Å². The zero-order valence-electron chi connectivity index (χ0n) is 46.6. The first-order valence-electron chi connectivity index (χ1n) is 31.1. The highest BCUT2D eigenvalue weighted by Gasteiger charge is 2.20. The van der Waals surface area contributed by atoms with E-state index in [4.69, 9.17) is 4.74 Å². The standard InChI is InChI=1S/C63H121NO5/c1-3-5-7-9-11-13-15-17-18-30-33-37-41-45-49-53-57-63(68)69-58-54-50-46-42-38-34-31-28-26-24-22-20-19-21-23-25-27-29-32-36-40-44-48-52-56-62(67)64-60(59-65)61(66)55-51-47-43-39-35-16-14-12-10-8-6-4-2/h18,21,23,30,60-61,65-66H,3-17,19-20,22,24-29,31-59H2,1-2H3,(H,64,67)/b23-21-,30-18-. The van der Waals surface area contributed by atoms with Crippen molar-refractivity contribution in [1.82, 2.24) is 5.32 Å². The van der Waals surface area contributed by atoms with Crippen LogP contribution in [-0.2, 0) is 14.3 Å². The summed E-state index contributed by atoms with van der Waals surface area (Å²) in [6, 6.07) is -0.543. The highest BCUT2D eigenvalue weighted by Crippen LogP contribution is 2.17. The van der Waals surface area contributed by atoms with Crippen LogP contribution in [0.25, 0.3) is 0 Å². The van der Waals surface area contributed by atoms with E-state index in [0.29, 0.717) is 25.9 Å². The van der Waals surface area contributed by atoms with Gasteiger partial charge in [0.05, 0.1) is 25.4 Å². The third-order valence-electron chi connectivity index (χ3n) is 14.5. The number of esters is 1. The van der Waals surface area contributed by atoms with E-state index in [-0.39, 0.29) is 18.5 Å². The molecule has 0 saturated heterocycles. The second kappa shape index (κ2) is 58.9. The van der Waals surface area contributed by atoms with Crippen LogP contribution in [0.2, 0.25) is 0 Å². The Hall–Kier alpha value is -1.66. The van der Waals surface area contributed by atoms with Crippen molar-refractivity contribution in [3.8, 4) is 0 Å². The van der Waals surface area contributed by atoms with Crippen molar-refractivity contribution < 1.29 is 24.5 Å². The number of hydrogen-bond acceptors (Lipinski definition) is 5. The lowest BCUT2D eigenvalue weighted by Crippen LogP contribution is -2.45. The predicted octanol–water partition coefficient (Wildman–Crippen LogP) is 19.4. The molecule has 0 aromatic carbocycles. The highest BCUT2D eigenvalue weighted by molar-refractivity contribution is 5.76. The minimum absolute atomic E-state index is 0.00542. The largest absolute Gasteiger partial charge is 0.466 e. The molecule has 69 heavy (non-hydrogen) atoms. The molecule has 408 valence electrons. The number of aliphatic hydroxyl groups excluding tert-OH is 2.